The van der Waals surface area contributed by atoms with E-state index in [1.165, 1.54) is 0 Å². The number of nitrogens with zero attached hydrogens (tertiary/aromatic N) is 2. The number of hydrogen-bond donors (Lipinski definition) is 1. The fourth-order valence-electron chi connectivity index (χ4n) is 1.30. The molecule has 0 amide bonds. The molecule has 0 aliphatic heterocycles. The van der Waals surface area contributed by atoms with E-state index in [2.05, 4.69) is 53.8 Å². The molecular weight excluding hydrogens is 381 g/mol. The first-order valence-corrected chi connectivity index (χ1v) is 6.55. The molecule has 3 nitrogen and oxygen atoms in total. The third-order valence-electron chi connectivity index (χ3n) is 1.94. The summed E-state index contributed by atoms with van der Waals surface area (Å²) in [5.74, 6) is 1.53. The van der Waals surface area contributed by atoms with E-state index in [-0.39, 0.29) is 0 Å². The van der Waals surface area contributed by atoms with Crippen molar-refractivity contribution in [3.05, 3.63) is 44.3 Å². The SMILES string of the molecule is Cc1nc(Br)cc(Nc2ccccc2I)n1. The van der Waals surface area contributed by atoms with Crippen molar-refractivity contribution in [3.63, 3.8) is 0 Å². The molecule has 0 unspecified atom stereocenters. The fourth-order valence-corrected chi connectivity index (χ4v) is 2.29. The van der Waals surface area contributed by atoms with Crippen LogP contribution in [0.25, 0.3) is 0 Å². The molecule has 0 spiro atoms. The predicted octanol–water partition coefficient (Wildman–Crippen LogP) is 3.90. The molecule has 0 fully saturated rings. The molecule has 82 valence electrons. The topological polar surface area (TPSA) is 37.8 Å². The summed E-state index contributed by atoms with van der Waals surface area (Å²) < 4.78 is 1.95. The maximum absolute atomic E-state index is 4.31. The average Bonchev–Trinajstić information content (AvgIpc) is 2.20. The molecule has 0 radical (unpaired) electrons. The highest BCUT2D eigenvalue weighted by atomic mass is 127. The third-order valence-corrected chi connectivity index (χ3v) is 3.29. The zero-order valence-corrected chi connectivity index (χ0v) is 12.3. The van der Waals surface area contributed by atoms with Gasteiger partial charge in [-0.3, -0.25) is 0 Å². The first kappa shape index (κ1) is 11.8. The van der Waals surface area contributed by atoms with Gasteiger partial charge in [-0.1, -0.05) is 12.1 Å². The van der Waals surface area contributed by atoms with Gasteiger partial charge in [0, 0.05) is 9.64 Å². The normalized spacial score (nSPS) is 10.2. The van der Waals surface area contributed by atoms with Crippen molar-refractivity contribution in [2.24, 2.45) is 0 Å². The minimum atomic E-state index is 0.739. The molecule has 0 aliphatic rings. The van der Waals surface area contributed by atoms with Crippen LogP contribution in [0.3, 0.4) is 0 Å². The number of rotatable bonds is 2. The van der Waals surface area contributed by atoms with Crippen LogP contribution in [0, 0.1) is 10.5 Å². The Morgan fingerprint density at radius 3 is 2.69 bits per heavy atom. The Kier molecular flexibility index (Phi) is 3.75. The maximum Gasteiger partial charge on any atom is 0.135 e. The minimum Gasteiger partial charge on any atom is -0.339 e. The Labute approximate surface area is 116 Å². The molecule has 5 heteroatoms. The van der Waals surface area contributed by atoms with Crippen molar-refractivity contribution < 1.29 is 0 Å². The summed E-state index contributed by atoms with van der Waals surface area (Å²) in [5, 5.41) is 3.27. The van der Waals surface area contributed by atoms with Crippen LogP contribution >= 0.6 is 38.5 Å². The van der Waals surface area contributed by atoms with Crippen LogP contribution in [0.5, 0.6) is 0 Å². The molecule has 0 saturated carbocycles. The number of hydrogen-bond acceptors (Lipinski definition) is 3. The molecule has 0 atom stereocenters. The lowest BCUT2D eigenvalue weighted by atomic mass is 10.3. The molecule has 2 aromatic rings. The summed E-state index contributed by atoms with van der Waals surface area (Å²) in [6, 6.07) is 9.93. The Balaban J connectivity index is 2.30. The lowest BCUT2D eigenvalue weighted by molar-refractivity contribution is 1.04. The number of aryl methyl sites for hydroxylation is 1. The molecule has 1 N–H and O–H groups in total. The first-order chi connectivity index (χ1) is 7.65. The van der Waals surface area contributed by atoms with E-state index in [1.54, 1.807) is 0 Å². The highest BCUT2D eigenvalue weighted by molar-refractivity contribution is 14.1. The van der Waals surface area contributed by atoms with Gasteiger partial charge in [0.15, 0.2) is 0 Å². The van der Waals surface area contributed by atoms with Crippen LogP contribution in [0.2, 0.25) is 0 Å². The highest BCUT2D eigenvalue weighted by Gasteiger charge is 2.02. The fraction of sp³-hybridized carbons (Fsp3) is 0.0909. The molecule has 2 rings (SSSR count). The van der Waals surface area contributed by atoms with Gasteiger partial charge in [0.1, 0.15) is 16.2 Å². The lowest BCUT2D eigenvalue weighted by Gasteiger charge is -2.08. The standard InChI is InChI=1S/C11H9BrIN3/c1-7-14-10(12)6-11(15-7)16-9-5-3-2-4-8(9)13/h2-6H,1H3,(H,14,15,16). The predicted molar refractivity (Wildman–Crippen MR) is 76.9 cm³/mol. The van der Waals surface area contributed by atoms with Crippen molar-refractivity contribution >= 4 is 50.0 Å². The Hall–Kier alpha value is -0.690. The number of anilines is 2. The van der Waals surface area contributed by atoms with E-state index < -0.39 is 0 Å². The number of aromatic nitrogens is 2. The molecule has 1 aromatic carbocycles. The van der Waals surface area contributed by atoms with Crippen molar-refractivity contribution in [2.75, 3.05) is 5.32 Å². The smallest absolute Gasteiger partial charge is 0.135 e. The van der Waals surface area contributed by atoms with Crippen LogP contribution in [0.15, 0.2) is 34.9 Å². The second kappa shape index (κ2) is 5.09. The van der Waals surface area contributed by atoms with Gasteiger partial charge in [-0.2, -0.15) is 0 Å². The molecular formula is C11H9BrIN3. The molecule has 16 heavy (non-hydrogen) atoms. The van der Waals surface area contributed by atoms with Gasteiger partial charge in [-0.05, 0) is 57.6 Å². The van der Waals surface area contributed by atoms with Gasteiger partial charge in [0.25, 0.3) is 0 Å². The number of nitrogens with one attached hydrogen (secondary N) is 1. The van der Waals surface area contributed by atoms with Gasteiger partial charge in [0.05, 0.1) is 5.69 Å². The van der Waals surface area contributed by atoms with E-state index in [0.29, 0.717) is 0 Å². The zero-order valence-electron chi connectivity index (χ0n) is 8.54. The van der Waals surface area contributed by atoms with E-state index in [0.717, 1.165) is 25.5 Å². The number of halogens is 2. The summed E-state index contributed by atoms with van der Waals surface area (Å²) >= 11 is 5.64. The monoisotopic (exact) mass is 389 g/mol. The molecule has 1 aromatic heterocycles. The van der Waals surface area contributed by atoms with Crippen LogP contribution in [-0.2, 0) is 0 Å². The molecule has 0 bridgehead atoms. The highest BCUT2D eigenvalue weighted by Crippen LogP contribution is 2.22. The lowest BCUT2D eigenvalue weighted by Crippen LogP contribution is -1.98. The van der Waals surface area contributed by atoms with Crippen molar-refractivity contribution in [1.29, 1.82) is 0 Å². The molecule has 1 heterocycles. The quantitative estimate of drug-likeness (QED) is 0.625. The van der Waals surface area contributed by atoms with Gasteiger partial charge in [-0.15, -0.1) is 0 Å². The van der Waals surface area contributed by atoms with Crippen LogP contribution in [0.1, 0.15) is 5.82 Å². The number of benzene rings is 1. The second-order valence-electron chi connectivity index (χ2n) is 3.23. The van der Waals surface area contributed by atoms with Crippen molar-refractivity contribution in [1.82, 2.24) is 9.97 Å². The Morgan fingerprint density at radius 1 is 1.25 bits per heavy atom. The first-order valence-electron chi connectivity index (χ1n) is 4.68. The van der Waals surface area contributed by atoms with Crippen LogP contribution in [-0.4, -0.2) is 9.97 Å². The second-order valence-corrected chi connectivity index (χ2v) is 5.20. The van der Waals surface area contributed by atoms with Gasteiger partial charge in [-0.25, -0.2) is 9.97 Å². The van der Waals surface area contributed by atoms with E-state index >= 15 is 0 Å². The summed E-state index contributed by atoms with van der Waals surface area (Å²) in [6.07, 6.45) is 0. The van der Waals surface area contributed by atoms with Crippen LogP contribution in [0.4, 0.5) is 11.5 Å². The Morgan fingerprint density at radius 2 is 2.00 bits per heavy atom. The summed E-state index contributed by atoms with van der Waals surface area (Å²) in [7, 11) is 0. The molecule has 0 aliphatic carbocycles. The van der Waals surface area contributed by atoms with Crippen molar-refractivity contribution in [3.8, 4) is 0 Å². The zero-order chi connectivity index (χ0) is 11.5. The van der Waals surface area contributed by atoms with Gasteiger partial charge >= 0.3 is 0 Å². The number of para-hydroxylation sites is 1. The van der Waals surface area contributed by atoms with Gasteiger partial charge in [0.2, 0.25) is 0 Å². The largest absolute Gasteiger partial charge is 0.339 e. The molecule has 0 saturated heterocycles. The van der Waals surface area contributed by atoms with Crippen molar-refractivity contribution in [2.45, 2.75) is 6.92 Å². The van der Waals surface area contributed by atoms with Crippen LogP contribution < -0.4 is 5.32 Å². The van der Waals surface area contributed by atoms with E-state index in [1.807, 2.05) is 37.3 Å². The third kappa shape index (κ3) is 2.91. The summed E-state index contributed by atoms with van der Waals surface area (Å²) in [6.45, 7) is 1.87. The van der Waals surface area contributed by atoms with E-state index in [4.69, 9.17) is 0 Å². The summed E-state index contributed by atoms with van der Waals surface area (Å²) in [5.41, 5.74) is 1.05. The van der Waals surface area contributed by atoms with Gasteiger partial charge < -0.3 is 5.32 Å². The minimum absolute atomic E-state index is 0.739. The van der Waals surface area contributed by atoms with E-state index in [9.17, 15) is 0 Å². The Bertz CT molecular complexity index is 496. The average molecular weight is 390 g/mol. The summed E-state index contributed by atoms with van der Waals surface area (Å²) in [4.78, 5) is 8.48. The maximum atomic E-state index is 4.31.